The smallest absolute Gasteiger partial charge is 0.281 e. The van der Waals surface area contributed by atoms with E-state index >= 15 is 0 Å². The second-order valence-corrected chi connectivity index (χ2v) is 3.72. The third-order valence-electron chi connectivity index (χ3n) is 2.44. The first-order chi connectivity index (χ1) is 8.81. The SMILES string of the molecule is CCONC(=O)COc1cccc2ccccc12. The van der Waals surface area contributed by atoms with Crippen LogP contribution in [0, 0.1) is 0 Å². The lowest BCUT2D eigenvalue weighted by Gasteiger charge is -2.09. The normalized spacial score (nSPS) is 10.3. The van der Waals surface area contributed by atoms with Crippen LogP contribution in [-0.4, -0.2) is 19.1 Å². The lowest BCUT2D eigenvalue weighted by atomic mass is 10.1. The predicted molar refractivity (Wildman–Crippen MR) is 69.2 cm³/mol. The summed E-state index contributed by atoms with van der Waals surface area (Å²) >= 11 is 0. The average molecular weight is 245 g/mol. The molecule has 0 heterocycles. The molecule has 0 radical (unpaired) electrons. The van der Waals surface area contributed by atoms with Crippen molar-refractivity contribution in [3.05, 3.63) is 42.5 Å². The Balaban J connectivity index is 2.05. The summed E-state index contributed by atoms with van der Waals surface area (Å²) in [6.45, 7) is 2.17. The Labute approximate surface area is 105 Å². The van der Waals surface area contributed by atoms with Crippen LogP contribution in [0.3, 0.4) is 0 Å². The number of hydroxylamine groups is 1. The Kier molecular flexibility index (Phi) is 4.15. The maximum absolute atomic E-state index is 11.4. The van der Waals surface area contributed by atoms with Gasteiger partial charge in [-0.1, -0.05) is 36.4 Å². The summed E-state index contributed by atoms with van der Waals surface area (Å²) in [6, 6.07) is 13.6. The minimum atomic E-state index is -0.301. The molecule has 0 aliphatic rings. The molecular weight excluding hydrogens is 230 g/mol. The van der Waals surface area contributed by atoms with Crippen molar-refractivity contribution in [1.82, 2.24) is 5.48 Å². The van der Waals surface area contributed by atoms with Gasteiger partial charge in [0, 0.05) is 5.39 Å². The molecule has 4 nitrogen and oxygen atoms in total. The lowest BCUT2D eigenvalue weighted by Crippen LogP contribution is -2.28. The number of rotatable bonds is 5. The van der Waals surface area contributed by atoms with Gasteiger partial charge in [0.15, 0.2) is 6.61 Å². The van der Waals surface area contributed by atoms with Gasteiger partial charge in [0.05, 0.1) is 6.61 Å². The van der Waals surface area contributed by atoms with Gasteiger partial charge >= 0.3 is 0 Å². The first-order valence-electron chi connectivity index (χ1n) is 5.82. The number of fused-ring (bicyclic) bond motifs is 1. The van der Waals surface area contributed by atoms with Crippen molar-refractivity contribution in [1.29, 1.82) is 0 Å². The minimum absolute atomic E-state index is 0.0615. The summed E-state index contributed by atoms with van der Waals surface area (Å²) in [7, 11) is 0. The molecular formula is C14H15NO3. The molecule has 0 aliphatic heterocycles. The maximum Gasteiger partial charge on any atom is 0.281 e. The Morgan fingerprint density at radius 3 is 2.78 bits per heavy atom. The molecule has 1 N–H and O–H groups in total. The average Bonchev–Trinajstić information content (AvgIpc) is 2.42. The van der Waals surface area contributed by atoms with Gasteiger partial charge in [0.2, 0.25) is 0 Å². The van der Waals surface area contributed by atoms with Crippen molar-refractivity contribution in [2.75, 3.05) is 13.2 Å². The Morgan fingerprint density at radius 1 is 1.17 bits per heavy atom. The number of amides is 1. The zero-order valence-corrected chi connectivity index (χ0v) is 10.2. The molecule has 18 heavy (non-hydrogen) atoms. The van der Waals surface area contributed by atoms with Crippen LogP contribution in [-0.2, 0) is 9.63 Å². The molecule has 2 rings (SSSR count). The van der Waals surface area contributed by atoms with Crippen LogP contribution in [0.15, 0.2) is 42.5 Å². The fourth-order valence-electron chi connectivity index (χ4n) is 1.65. The summed E-state index contributed by atoms with van der Waals surface area (Å²) in [6.07, 6.45) is 0. The third-order valence-corrected chi connectivity index (χ3v) is 2.44. The first kappa shape index (κ1) is 12.4. The van der Waals surface area contributed by atoms with Crippen molar-refractivity contribution in [2.45, 2.75) is 6.92 Å². The van der Waals surface area contributed by atoms with E-state index in [1.165, 1.54) is 0 Å². The van der Waals surface area contributed by atoms with E-state index in [2.05, 4.69) is 5.48 Å². The van der Waals surface area contributed by atoms with Gasteiger partial charge in [-0.05, 0) is 18.4 Å². The van der Waals surface area contributed by atoms with Gasteiger partial charge in [-0.15, -0.1) is 0 Å². The standard InChI is InChI=1S/C14H15NO3/c1-2-18-15-14(16)10-17-13-9-5-7-11-6-3-4-8-12(11)13/h3-9H,2,10H2,1H3,(H,15,16). The van der Waals surface area contributed by atoms with Crippen LogP contribution in [0.4, 0.5) is 0 Å². The highest BCUT2D eigenvalue weighted by molar-refractivity contribution is 5.88. The Morgan fingerprint density at radius 2 is 1.94 bits per heavy atom. The zero-order chi connectivity index (χ0) is 12.8. The maximum atomic E-state index is 11.4. The van der Waals surface area contributed by atoms with Gasteiger partial charge in [-0.2, -0.15) is 0 Å². The summed E-state index contributed by atoms with van der Waals surface area (Å²) in [5.74, 6) is 0.393. The van der Waals surface area contributed by atoms with E-state index in [4.69, 9.17) is 9.57 Å². The van der Waals surface area contributed by atoms with E-state index in [0.29, 0.717) is 12.4 Å². The molecule has 0 aliphatic carbocycles. The number of hydrogen-bond donors (Lipinski definition) is 1. The van der Waals surface area contributed by atoms with Crippen molar-refractivity contribution in [3.8, 4) is 5.75 Å². The third kappa shape index (κ3) is 2.99. The topological polar surface area (TPSA) is 47.6 Å². The number of ether oxygens (including phenoxy) is 1. The first-order valence-corrected chi connectivity index (χ1v) is 5.82. The van der Waals surface area contributed by atoms with Gasteiger partial charge in [-0.3, -0.25) is 9.63 Å². The summed E-state index contributed by atoms with van der Waals surface area (Å²) in [5, 5.41) is 2.07. The Hall–Kier alpha value is -2.07. The highest BCUT2D eigenvalue weighted by atomic mass is 16.7. The fraction of sp³-hybridized carbons (Fsp3) is 0.214. The lowest BCUT2D eigenvalue weighted by molar-refractivity contribution is -0.135. The second-order valence-electron chi connectivity index (χ2n) is 3.72. The highest BCUT2D eigenvalue weighted by Crippen LogP contribution is 2.24. The molecule has 4 heteroatoms. The van der Waals surface area contributed by atoms with Crippen LogP contribution in [0.25, 0.3) is 10.8 Å². The van der Waals surface area contributed by atoms with Gasteiger partial charge in [0.25, 0.3) is 5.91 Å². The highest BCUT2D eigenvalue weighted by Gasteiger charge is 2.05. The van der Waals surface area contributed by atoms with Crippen LogP contribution in [0.5, 0.6) is 5.75 Å². The number of benzene rings is 2. The van der Waals surface area contributed by atoms with Crippen molar-refractivity contribution >= 4 is 16.7 Å². The van der Waals surface area contributed by atoms with Gasteiger partial charge in [0.1, 0.15) is 5.75 Å². The summed E-state index contributed by atoms with van der Waals surface area (Å²) < 4.78 is 5.49. The second kappa shape index (κ2) is 6.02. The molecule has 1 amide bonds. The van der Waals surface area contributed by atoms with Crippen LogP contribution in [0.1, 0.15) is 6.92 Å². The van der Waals surface area contributed by atoms with E-state index < -0.39 is 0 Å². The van der Waals surface area contributed by atoms with E-state index in [-0.39, 0.29) is 12.5 Å². The minimum Gasteiger partial charge on any atom is -0.483 e. The predicted octanol–water partition coefficient (Wildman–Crippen LogP) is 2.29. The van der Waals surface area contributed by atoms with Crippen molar-refractivity contribution < 1.29 is 14.4 Å². The molecule has 0 spiro atoms. The fourth-order valence-corrected chi connectivity index (χ4v) is 1.65. The van der Waals surface area contributed by atoms with Gasteiger partial charge < -0.3 is 4.74 Å². The number of carbonyl (C=O) groups excluding carboxylic acids is 1. The quantitative estimate of drug-likeness (QED) is 0.822. The van der Waals surface area contributed by atoms with Crippen molar-refractivity contribution in [2.24, 2.45) is 0 Å². The molecule has 0 fully saturated rings. The van der Waals surface area contributed by atoms with E-state index in [1.54, 1.807) is 6.92 Å². The molecule has 94 valence electrons. The van der Waals surface area contributed by atoms with E-state index in [0.717, 1.165) is 10.8 Å². The Bertz CT molecular complexity index is 534. The number of hydrogen-bond acceptors (Lipinski definition) is 3. The zero-order valence-electron chi connectivity index (χ0n) is 10.2. The summed E-state index contributed by atoms with van der Waals surface area (Å²) in [5.41, 5.74) is 2.29. The van der Waals surface area contributed by atoms with Crippen LogP contribution >= 0.6 is 0 Å². The summed E-state index contributed by atoms with van der Waals surface area (Å²) in [4.78, 5) is 16.1. The van der Waals surface area contributed by atoms with Crippen LogP contribution in [0.2, 0.25) is 0 Å². The molecule has 0 bridgehead atoms. The molecule has 0 aromatic heterocycles. The van der Waals surface area contributed by atoms with Gasteiger partial charge in [-0.25, -0.2) is 5.48 Å². The molecule has 0 atom stereocenters. The van der Waals surface area contributed by atoms with E-state index in [1.807, 2.05) is 42.5 Å². The number of carbonyl (C=O) groups is 1. The largest absolute Gasteiger partial charge is 0.483 e. The monoisotopic (exact) mass is 245 g/mol. The molecule has 0 saturated carbocycles. The van der Waals surface area contributed by atoms with Crippen molar-refractivity contribution in [3.63, 3.8) is 0 Å². The molecule has 2 aromatic rings. The van der Waals surface area contributed by atoms with E-state index in [9.17, 15) is 4.79 Å². The number of nitrogens with one attached hydrogen (secondary N) is 1. The molecule has 0 saturated heterocycles. The van der Waals surface area contributed by atoms with Crippen LogP contribution < -0.4 is 10.2 Å². The molecule has 0 unspecified atom stereocenters. The molecule has 2 aromatic carbocycles.